The molecule has 2 saturated heterocycles. The quantitative estimate of drug-likeness (QED) is 0.500. The molecule has 5 rings (SSSR count). The highest BCUT2D eigenvalue weighted by molar-refractivity contribution is 8.15. The van der Waals surface area contributed by atoms with Gasteiger partial charge in [-0.3, -0.25) is 19.9 Å². The summed E-state index contributed by atoms with van der Waals surface area (Å²) in [5.74, 6) is 0.241. The van der Waals surface area contributed by atoms with E-state index in [9.17, 15) is 23.3 Å². The number of anilines is 2. The Hall–Kier alpha value is -3.12. The summed E-state index contributed by atoms with van der Waals surface area (Å²) in [6, 6.07) is 13.5. The Morgan fingerprint density at radius 1 is 1.03 bits per heavy atom. The molecule has 2 atom stereocenters. The maximum Gasteiger partial charge on any atom is 0.269 e. The van der Waals surface area contributed by atoms with Crippen molar-refractivity contribution in [1.29, 1.82) is 0 Å². The summed E-state index contributed by atoms with van der Waals surface area (Å²) in [7, 11) is -2.98. The van der Waals surface area contributed by atoms with E-state index in [4.69, 9.17) is 0 Å². The molecule has 3 aliphatic heterocycles. The number of hydrogen-bond donors (Lipinski definition) is 1. The van der Waals surface area contributed by atoms with E-state index in [1.807, 2.05) is 17.0 Å². The Kier molecular flexibility index (Phi) is 5.94. The largest absolute Gasteiger partial charge is 0.368 e. The molecule has 0 spiro atoms. The molecule has 0 aliphatic carbocycles. The van der Waals surface area contributed by atoms with E-state index in [-0.39, 0.29) is 34.4 Å². The van der Waals surface area contributed by atoms with Crippen LogP contribution in [0.1, 0.15) is 10.4 Å². The maximum atomic E-state index is 12.9. The molecule has 2 fully saturated rings. The van der Waals surface area contributed by atoms with E-state index in [0.29, 0.717) is 36.9 Å². The van der Waals surface area contributed by atoms with Crippen LogP contribution in [0.25, 0.3) is 0 Å². The number of sulfone groups is 1. The highest BCUT2D eigenvalue weighted by Gasteiger charge is 2.42. The summed E-state index contributed by atoms with van der Waals surface area (Å²) in [5, 5.41) is 14.7. The zero-order chi connectivity index (χ0) is 23.9. The normalized spacial score (nSPS) is 23.4. The highest BCUT2D eigenvalue weighted by Crippen LogP contribution is 2.34. The standard InChI is InChI=1S/C22H23N5O5S2/c28-21(26-11-9-25(10-12-26)17-5-7-18(8-6-17)27(29)30)15-1-3-16(4-2-15)23-22-24-19-13-34(31,32)14-20(19)33-22/h1-8,19-20H,9-14H2,(H,23,24)/t19-,20+/m0/s1. The number of nitro benzene ring substituents is 1. The Morgan fingerprint density at radius 3 is 2.32 bits per heavy atom. The molecule has 1 N–H and O–H groups in total. The zero-order valence-electron chi connectivity index (χ0n) is 18.2. The minimum absolute atomic E-state index is 0.0157. The fourth-order valence-electron chi connectivity index (χ4n) is 4.37. The lowest BCUT2D eigenvalue weighted by Crippen LogP contribution is -2.48. The van der Waals surface area contributed by atoms with Gasteiger partial charge in [0.05, 0.1) is 22.5 Å². The van der Waals surface area contributed by atoms with Crippen LogP contribution in [0.5, 0.6) is 0 Å². The summed E-state index contributed by atoms with van der Waals surface area (Å²) in [6.07, 6.45) is 0. The number of aliphatic imine (C=N–C) groups is 1. The number of nitrogens with one attached hydrogen (secondary N) is 1. The zero-order valence-corrected chi connectivity index (χ0v) is 19.8. The molecule has 12 heteroatoms. The van der Waals surface area contributed by atoms with Gasteiger partial charge >= 0.3 is 0 Å². The van der Waals surface area contributed by atoms with E-state index in [1.54, 1.807) is 24.3 Å². The number of thioether (sulfide) groups is 1. The van der Waals surface area contributed by atoms with Gasteiger partial charge in [0, 0.05) is 60.5 Å². The first kappa shape index (κ1) is 22.7. The van der Waals surface area contributed by atoms with Gasteiger partial charge in [0.1, 0.15) is 0 Å². The molecule has 0 unspecified atom stereocenters. The number of nitro groups is 1. The molecule has 3 heterocycles. The number of hydrogen-bond acceptors (Lipinski definition) is 9. The van der Waals surface area contributed by atoms with Crippen LogP contribution in [-0.2, 0) is 9.84 Å². The number of piperazine rings is 1. The maximum absolute atomic E-state index is 12.9. The van der Waals surface area contributed by atoms with Crippen LogP contribution in [0.15, 0.2) is 53.5 Å². The fourth-order valence-corrected chi connectivity index (χ4v) is 8.05. The third-order valence-corrected chi connectivity index (χ3v) is 9.34. The smallest absolute Gasteiger partial charge is 0.269 e. The van der Waals surface area contributed by atoms with Gasteiger partial charge in [-0.05, 0) is 36.4 Å². The van der Waals surface area contributed by atoms with E-state index in [0.717, 1.165) is 11.4 Å². The van der Waals surface area contributed by atoms with Crippen molar-refractivity contribution in [1.82, 2.24) is 4.90 Å². The van der Waals surface area contributed by atoms with Crippen LogP contribution in [0.3, 0.4) is 0 Å². The molecule has 2 aromatic rings. The second-order valence-corrected chi connectivity index (χ2v) is 11.9. The van der Waals surface area contributed by atoms with Crippen LogP contribution >= 0.6 is 11.8 Å². The van der Waals surface area contributed by atoms with Gasteiger partial charge in [-0.2, -0.15) is 0 Å². The highest BCUT2D eigenvalue weighted by atomic mass is 32.2. The number of fused-ring (bicyclic) bond motifs is 1. The number of amidine groups is 1. The molecule has 2 aromatic carbocycles. The molecular weight excluding hydrogens is 478 g/mol. The van der Waals surface area contributed by atoms with Crippen molar-refractivity contribution < 1.29 is 18.1 Å². The van der Waals surface area contributed by atoms with Crippen molar-refractivity contribution in [2.24, 2.45) is 4.99 Å². The summed E-state index contributed by atoms with van der Waals surface area (Å²) in [6.45, 7) is 2.43. The molecule has 0 radical (unpaired) electrons. The number of nitrogens with zero attached hydrogens (tertiary/aromatic N) is 4. The molecule has 0 saturated carbocycles. The Balaban J connectivity index is 1.15. The van der Waals surface area contributed by atoms with Crippen molar-refractivity contribution in [3.63, 3.8) is 0 Å². The first-order valence-corrected chi connectivity index (χ1v) is 13.6. The van der Waals surface area contributed by atoms with Crippen LogP contribution < -0.4 is 10.2 Å². The van der Waals surface area contributed by atoms with Gasteiger partial charge in [-0.1, -0.05) is 11.8 Å². The summed E-state index contributed by atoms with van der Waals surface area (Å²) < 4.78 is 23.4. The fraction of sp³-hybridized carbons (Fsp3) is 0.364. The van der Waals surface area contributed by atoms with E-state index in [1.165, 1.54) is 23.9 Å². The number of rotatable bonds is 4. The first-order chi connectivity index (χ1) is 16.3. The van der Waals surface area contributed by atoms with E-state index in [2.05, 4.69) is 15.2 Å². The molecule has 3 aliphatic rings. The molecule has 34 heavy (non-hydrogen) atoms. The molecule has 0 aromatic heterocycles. The van der Waals surface area contributed by atoms with Gasteiger partial charge in [-0.25, -0.2) is 8.42 Å². The minimum Gasteiger partial charge on any atom is -0.368 e. The third-order valence-electron chi connectivity index (χ3n) is 6.19. The number of carbonyl (C=O) groups excluding carboxylic acids is 1. The van der Waals surface area contributed by atoms with Crippen molar-refractivity contribution in [3.05, 3.63) is 64.2 Å². The average molecular weight is 502 g/mol. The molecule has 1 amide bonds. The number of amides is 1. The molecule has 10 nitrogen and oxygen atoms in total. The van der Waals surface area contributed by atoms with Crippen LogP contribution in [0.2, 0.25) is 0 Å². The van der Waals surface area contributed by atoms with E-state index >= 15 is 0 Å². The average Bonchev–Trinajstić information content (AvgIpc) is 3.31. The van der Waals surface area contributed by atoms with Gasteiger partial charge < -0.3 is 15.1 Å². The molecular formula is C22H23N5O5S2. The van der Waals surface area contributed by atoms with Crippen molar-refractivity contribution >= 4 is 49.7 Å². The predicted octanol–water partition coefficient (Wildman–Crippen LogP) is 2.24. The Bertz CT molecular complexity index is 1240. The topological polar surface area (TPSA) is 125 Å². The molecule has 178 valence electrons. The SMILES string of the molecule is O=C(c1ccc(NC2=N[C@H]3CS(=O)(=O)C[C@H]3S2)cc1)N1CCN(c2ccc([N+](=O)[O-])cc2)CC1. The van der Waals surface area contributed by atoms with Gasteiger partial charge in [0.25, 0.3) is 11.6 Å². The van der Waals surface area contributed by atoms with E-state index < -0.39 is 14.8 Å². The van der Waals surface area contributed by atoms with Crippen LogP contribution in [-0.4, -0.2) is 78.3 Å². The van der Waals surface area contributed by atoms with Gasteiger partial charge in [0.15, 0.2) is 15.0 Å². The summed E-state index contributed by atoms with van der Waals surface area (Å²) in [4.78, 5) is 31.8. The Labute approximate surface area is 201 Å². The minimum atomic E-state index is -2.98. The Morgan fingerprint density at radius 2 is 1.71 bits per heavy atom. The first-order valence-electron chi connectivity index (χ1n) is 10.9. The lowest BCUT2D eigenvalue weighted by atomic mass is 10.1. The van der Waals surface area contributed by atoms with Crippen molar-refractivity contribution in [2.75, 3.05) is 47.9 Å². The van der Waals surface area contributed by atoms with Gasteiger partial charge in [-0.15, -0.1) is 0 Å². The number of non-ortho nitro benzene ring substituents is 1. The second-order valence-electron chi connectivity index (χ2n) is 8.49. The second kappa shape index (κ2) is 8.91. The van der Waals surface area contributed by atoms with Crippen LogP contribution in [0, 0.1) is 10.1 Å². The van der Waals surface area contributed by atoms with Crippen LogP contribution in [0.4, 0.5) is 17.1 Å². The number of benzene rings is 2. The lowest BCUT2D eigenvalue weighted by Gasteiger charge is -2.36. The predicted molar refractivity (Wildman–Crippen MR) is 133 cm³/mol. The van der Waals surface area contributed by atoms with Gasteiger partial charge in [0.2, 0.25) is 0 Å². The number of carbonyl (C=O) groups is 1. The third kappa shape index (κ3) is 4.73. The van der Waals surface area contributed by atoms with Crippen molar-refractivity contribution in [3.8, 4) is 0 Å². The molecule has 0 bridgehead atoms. The lowest BCUT2D eigenvalue weighted by molar-refractivity contribution is -0.384. The monoisotopic (exact) mass is 501 g/mol. The summed E-state index contributed by atoms with van der Waals surface area (Å²) >= 11 is 1.46. The van der Waals surface area contributed by atoms with Crippen molar-refractivity contribution in [2.45, 2.75) is 11.3 Å². The summed E-state index contributed by atoms with van der Waals surface area (Å²) in [5.41, 5.74) is 2.36.